The van der Waals surface area contributed by atoms with E-state index >= 15 is 0 Å². The molecule has 0 aliphatic heterocycles. The van der Waals surface area contributed by atoms with Crippen molar-refractivity contribution in [2.45, 2.75) is 30.1 Å². The van der Waals surface area contributed by atoms with Crippen molar-refractivity contribution in [2.24, 2.45) is 0 Å². The fraction of sp³-hybridized carbons (Fsp3) is 0.0769. The average molecular weight is 842 g/mol. The third-order valence-electron chi connectivity index (χ3n) is 15.2. The van der Waals surface area contributed by atoms with Crippen LogP contribution in [-0.4, -0.2) is 0 Å². The van der Waals surface area contributed by atoms with Gasteiger partial charge in [0.05, 0.1) is 10.8 Å². The molecule has 13 rings (SSSR count). The van der Waals surface area contributed by atoms with Crippen LogP contribution in [0.25, 0.3) is 33.4 Å². The van der Waals surface area contributed by atoms with Crippen LogP contribution in [0.2, 0.25) is 0 Å². The maximum Gasteiger partial charge on any atom is 0.0720 e. The van der Waals surface area contributed by atoms with Crippen molar-refractivity contribution in [3.8, 4) is 33.4 Å². The lowest BCUT2D eigenvalue weighted by molar-refractivity contribution is 0.627. The molecule has 0 fully saturated rings. The Hall–Kier alpha value is -8.00. The van der Waals surface area contributed by atoms with E-state index in [4.69, 9.17) is 0 Å². The van der Waals surface area contributed by atoms with Gasteiger partial charge < -0.3 is 4.90 Å². The number of nitrogens with zero attached hydrogens (tertiary/aromatic N) is 1. The van der Waals surface area contributed by atoms with Gasteiger partial charge in [0.25, 0.3) is 0 Å². The van der Waals surface area contributed by atoms with Crippen molar-refractivity contribution in [1.29, 1.82) is 0 Å². The summed E-state index contributed by atoms with van der Waals surface area (Å²) in [7, 11) is 0. The fourth-order valence-electron chi connectivity index (χ4n) is 12.5. The molecule has 3 aliphatic carbocycles. The van der Waals surface area contributed by atoms with Crippen LogP contribution < -0.4 is 4.90 Å². The second kappa shape index (κ2) is 14.5. The molecule has 1 heteroatoms. The fourth-order valence-corrected chi connectivity index (χ4v) is 12.5. The van der Waals surface area contributed by atoms with Crippen molar-refractivity contribution in [1.82, 2.24) is 0 Å². The summed E-state index contributed by atoms with van der Waals surface area (Å²) in [6, 6.07) is 93.4. The Balaban J connectivity index is 1.10. The lowest BCUT2D eigenvalue weighted by Gasteiger charge is -2.49. The Morgan fingerprint density at radius 3 is 1.44 bits per heavy atom. The van der Waals surface area contributed by atoms with E-state index in [9.17, 15) is 0 Å². The molecule has 0 bridgehead atoms. The molecule has 312 valence electrons. The molecule has 0 heterocycles. The van der Waals surface area contributed by atoms with Gasteiger partial charge in [-0.15, -0.1) is 0 Å². The summed E-state index contributed by atoms with van der Waals surface area (Å²) in [6.07, 6.45) is 0. The van der Waals surface area contributed by atoms with Gasteiger partial charge in [0.15, 0.2) is 0 Å². The van der Waals surface area contributed by atoms with Crippen LogP contribution in [0.1, 0.15) is 69.5 Å². The maximum atomic E-state index is 2.49. The molecule has 2 atom stereocenters. The molecule has 0 saturated heterocycles. The number of hydrogen-bond acceptors (Lipinski definition) is 1. The molecular formula is C65H47N. The van der Waals surface area contributed by atoms with E-state index in [1.165, 1.54) is 89.0 Å². The molecule has 3 aliphatic rings. The number of benzene rings is 10. The lowest BCUT2D eigenvalue weighted by Crippen LogP contribution is -2.44. The van der Waals surface area contributed by atoms with E-state index in [0.29, 0.717) is 0 Å². The Kier molecular flexibility index (Phi) is 8.45. The molecule has 10 aromatic carbocycles. The predicted octanol–water partition coefficient (Wildman–Crippen LogP) is 16.2. The largest absolute Gasteiger partial charge is 0.310 e. The molecule has 10 aromatic rings. The van der Waals surface area contributed by atoms with E-state index in [1.54, 1.807) is 0 Å². The number of fused-ring (bicyclic) bond motifs is 8. The summed E-state index contributed by atoms with van der Waals surface area (Å²) in [5.74, 6) is 0. The van der Waals surface area contributed by atoms with Gasteiger partial charge in [0.2, 0.25) is 0 Å². The molecule has 0 spiro atoms. The van der Waals surface area contributed by atoms with Gasteiger partial charge in [0, 0.05) is 22.5 Å². The molecule has 2 unspecified atom stereocenters. The van der Waals surface area contributed by atoms with Crippen LogP contribution >= 0.6 is 0 Å². The zero-order valence-electron chi connectivity index (χ0n) is 37.1. The minimum Gasteiger partial charge on any atom is -0.310 e. The van der Waals surface area contributed by atoms with Crippen LogP contribution in [-0.2, 0) is 16.2 Å². The Morgan fingerprint density at radius 2 is 0.727 bits per heavy atom. The number of hydrogen-bond donors (Lipinski definition) is 0. The highest BCUT2D eigenvalue weighted by Crippen LogP contribution is 2.66. The Morgan fingerprint density at radius 1 is 0.273 bits per heavy atom. The highest BCUT2D eigenvalue weighted by atomic mass is 15.1. The highest BCUT2D eigenvalue weighted by Gasteiger charge is 2.57. The minimum absolute atomic E-state index is 0.152. The highest BCUT2D eigenvalue weighted by molar-refractivity contribution is 5.92. The molecule has 0 saturated carbocycles. The smallest absolute Gasteiger partial charge is 0.0720 e. The first-order valence-corrected chi connectivity index (χ1v) is 23.3. The van der Waals surface area contributed by atoms with Gasteiger partial charge in [0.1, 0.15) is 0 Å². The van der Waals surface area contributed by atoms with Crippen LogP contribution in [0, 0.1) is 0 Å². The summed E-state index contributed by atoms with van der Waals surface area (Å²) >= 11 is 0. The molecule has 0 radical (unpaired) electrons. The van der Waals surface area contributed by atoms with Crippen molar-refractivity contribution in [3.63, 3.8) is 0 Å². The number of rotatable bonds is 7. The zero-order valence-corrected chi connectivity index (χ0v) is 37.1. The van der Waals surface area contributed by atoms with Crippen molar-refractivity contribution in [2.75, 3.05) is 4.90 Å². The van der Waals surface area contributed by atoms with Crippen LogP contribution in [0.3, 0.4) is 0 Å². The molecule has 1 nitrogen and oxygen atoms in total. The van der Waals surface area contributed by atoms with E-state index in [0.717, 1.165) is 17.1 Å². The quantitative estimate of drug-likeness (QED) is 0.155. The molecular weight excluding hydrogens is 795 g/mol. The van der Waals surface area contributed by atoms with Gasteiger partial charge in [-0.3, -0.25) is 0 Å². The first kappa shape index (κ1) is 38.5. The van der Waals surface area contributed by atoms with Crippen molar-refractivity contribution < 1.29 is 0 Å². The first-order valence-electron chi connectivity index (χ1n) is 23.3. The third kappa shape index (κ3) is 5.23. The summed E-state index contributed by atoms with van der Waals surface area (Å²) < 4.78 is 0. The predicted molar refractivity (Wildman–Crippen MR) is 273 cm³/mol. The van der Waals surface area contributed by atoms with Crippen LogP contribution in [0.5, 0.6) is 0 Å². The molecule has 0 aromatic heterocycles. The molecule has 66 heavy (non-hydrogen) atoms. The van der Waals surface area contributed by atoms with E-state index in [2.05, 4.69) is 267 Å². The lowest BCUT2D eigenvalue weighted by atomic mass is 9.51. The maximum absolute atomic E-state index is 2.49. The van der Waals surface area contributed by atoms with E-state index in [-0.39, 0.29) is 5.41 Å². The summed E-state index contributed by atoms with van der Waals surface area (Å²) in [4.78, 5) is 2.49. The average Bonchev–Trinajstić information content (AvgIpc) is 3.81. The van der Waals surface area contributed by atoms with Gasteiger partial charge in [-0.25, -0.2) is 0 Å². The Bertz CT molecular complexity index is 3510. The minimum atomic E-state index is -0.668. The standard InChI is InChI=1S/C65H47N/c1-63(2)56-34-14-12-31-52(56)54-40-39-51(43-61(54)63)66(49-29-18-23-45(41-49)44-21-6-3-7-22-44)50-30-19-28-48(42-50)64(46-24-8-4-9-25-46)58-36-16-17-37-59(58)65(47-26-10-5-11-27-47)57-35-15-13-32-53(57)55-33-20-38-60(64)62(55)65/h3-43H,1-2H3. The molecule has 0 amide bonds. The summed E-state index contributed by atoms with van der Waals surface area (Å²) in [6.45, 7) is 4.75. The Labute approximate surface area is 388 Å². The summed E-state index contributed by atoms with van der Waals surface area (Å²) in [5.41, 5.74) is 22.8. The van der Waals surface area contributed by atoms with Gasteiger partial charge in [-0.1, -0.05) is 226 Å². The van der Waals surface area contributed by atoms with Gasteiger partial charge >= 0.3 is 0 Å². The van der Waals surface area contributed by atoms with Crippen molar-refractivity contribution >= 4 is 17.1 Å². The van der Waals surface area contributed by atoms with Gasteiger partial charge in [-0.05, 0) is 125 Å². The van der Waals surface area contributed by atoms with Crippen molar-refractivity contribution in [3.05, 3.63) is 304 Å². The van der Waals surface area contributed by atoms with E-state index in [1.807, 2.05) is 0 Å². The van der Waals surface area contributed by atoms with Gasteiger partial charge in [-0.2, -0.15) is 0 Å². The molecule has 0 N–H and O–H groups in total. The van der Waals surface area contributed by atoms with E-state index < -0.39 is 10.8 Å². The van der Waals surface area contributed by atoms with Crippen LogP contribution in [0.4, 0.5) is 17.1 Å². The second-order valence-electron chi connectivity index (χ2n) is 18.8. The number of anilines is 3. The second-order valence-corrected chi connectivity index (χ2v) is 18.8. The monoisotopic (exact) mass is 841 g/mol. The zero-order chi connectivity index (χ0) is 44.0. The topological polar surface area (TPSA) is 3.24 Å². The summed E-state index contributed by atoms with van der Waals surface area (Å²) in [5, 5.41) is 0. The first-order chi connectivity index (χ1) is 32.5. The third-order valence-corrected chi connectivity index (χ3v) is 15.2. The normalized spacial score (nSPS) is 17.8. The van der Waals surface area contributed by atoms with Crippen LogP contribution in [0.15, 0.2) is 249 Å². The SMILES string of the molecule is CC1(C)c2ccccc2-c2ccc(N(c3cccc(-c4ccccc4)c3)c3cccc(C4(c5ccccc5)c5ccccc5C5(c6ccccc6)c6ccccc6-c6cccc4c65)c3)cc21.